The molecule has 0 radical (unpaired) electrons. The monoisotopic (exact) mass is 463 g/mol. The van der Waals surface area contributed by atoms with E-state index in [1.807, 2.05) is 30.3 Å². The predicted octanol–water partition coefficient (Wildman–Crippen LogP) is 5.08. The number of benzene rings is 2. The summed E-state index contributed by atoms with van der Waals surface area (Å²) in [7, 11) is -3.15. The fraction of sp³-hybridized carbons (Fsp3) is 0.227. The van der Waals surface area contributed by atoms with Gasteiger partial charge in [-0.15, -0.1) is 0 Å². The van der Waals surface area contributed by atoms with Crippen molar-refractivity contribution >= 4 is 38.9 Å². The van der Waals surface area contributed by atoms with Crippen molar-refractivity contribution in [3.63, 3.8) is 0 Å². The minimum Gasteiger partial charge on any atom is -0.451 e. The zero-order valence-electron chi connectivity index (χ0n) is 15.9. The van der Waals surface area contributed by atoms with Gasteiger partial charge in [-0.25, -0.2) is 8.42 Å². The van der Waals surface area contributed by atoms with Gasteiger partial charge in [0, 0.05) is 23.2 Å². The molecule has 1 amide bonds. The molecule has 1 atom stereocenters. The van der Waals surface area contributed by atoms with Crippen molar-refractivity contribution in [1.29, 1.82) is 0 Å². The third kappa shape index (κ3) is 4.56. The predicted molar refractivity (Wildman–Crippen MR) is 118 cm³/mol. The molecule has 1 saturated heterocycles. The highest BCUT2D eigenvalue weighted by molar-refractivity contribution is 7.91. The van der Waals surface area contributed by atoms with Crippen LogP contribution in [0.25, 0.3) is 11.3 Å². The van der Waals surface area contributed by atoms with Gasteiger partial charge < -0.3 is 9.32 Å². The molecule has 0 aliphatic carbocycles. The number of halogens is 2. The summed E-state index contributed by atoms with van der Waals surface area (Å²) in [5.74, 6) is 0.230. The highest BCUT2D eigenvalue weighted by Crippen LogP contribution is 2.32. The van der Waals surface area contributed by atoms with Crippen LogP contribution in [0.3, 0.4) is 0 Å². The number of furan rings is 1. The van der Waals surface area contributed by atoms with Crippen LogP contribution in [-0.2, 0) is 16.4 Å². The van der Waals surface area contributed by atoms with E-state index in [0.29, 0.717) is 34.3 Å². The van der Waals surface area contributed by atoms with E-state index in [2.05, 4.69) is 0 Å². The van der Waals surface area contributed by atoms with Crippen LogP contribution in [0.15, 0.2) is 65.1 Å². The van der Waals surface area contributed by atoms with Crippen LogP contribution < -0.4 is 0 Å². The summed E-state index contributed by atoms with van der Waals surface area (Å²) in [6, 6.07) is 17.3. The van der Waals surface area contributed by atoms with Gasteiger partial charge in [0.25, 0.3) is 5.91 Å². The van der Waals surface area contributed by atoms with E-state index in [1.165, 1.54) is 0 Å². The van der Waals surface area contributed by atoms with Crippen LogP contribution in [-0.4, -0.2) is 36.8 Å². The van der Waals surface area contributed by atoms with Crippen molar-refractivity contribution in [3.05, 3.63) is 82.0 Å². The van der Waals surface area contributed by atoms with Gasteiger partial charge in [0.05, 0.1) is 16.5 Å². The molecular formula is C22H19Cl2NO4S. The van der Waals surface area contributed by atoms with Crippen LogP contribution in [0.5, 0.6) is 0 Å². The number of carbonyl (C=O) groups excluding carboxylic acids is 1. The molecule has 156 valence electrons. The Hall–Kier alpha value is -2.28. The maximum atomic E-state index is 13.3. The first kappa shape index (κ1) is 21.0. The van der Waals surface area contributed by atoms with Crippen molar-refractivity contribution in [3.8, 4) is 11.3 Å². The summed E-state index contributed by atoms with van der Waals surface area (Å²) in [6.07, 6.45) is 0.411. The minimum absolute atomic E-state index is 0.0424. The standard InChI is InChI=1S/C22H19Cl2NO4S/c23-16-6-7-19(24)18(12-16)20-8-9-21(29-20)22(26)25(13-15-4-2-1-3-5-15)17-10-11-30(27,28)14-17/h1-9,12,17H,10-11,13-14H2/t17-/m0/s1. The quantitative estimate of drug-likeness (QED) is 0.528. The Bertz CT molecular complexity index is 1170. The van der Waals surface area contributed by atoms with Gasteiger partial charge in [0.15, 0.2) is 15.6 Å². The Morgan fingerprint density at radius 2 is 1.83 bits per heavy atom. The number of nitrogens with zero attached hydrogens (tertiary/aromatic N) is 1. The number of hydrogen-bond acceptors (Lipinski definition) is 4. The fourth-order valence-electron chi connectivity index (χ4n) is 3.59. The largest absolute Gasteiger partial charge is 0.451 e. The lowest BCUT2D eigenvalue weighted by Crippen LogP contribution is -2.40. The van der Waals surface area contributed by atoms with Crippen LogP contribution in [0, 0.1) is 0 Å². The fourth-order valence-corrected chi connectivity index (χ4v) is 5.71. The van der Waals surface area contributed by atoms with E-state index in [0.717, 1.165) is 5.56 Å². The first-order valence-electron chi connectivity index (χ1n) is 9.43. The van der Waals surface area contributed by atoms with Crippen LogP contribution >= 0.6 is 23.2 Å². The van der Waals surface area contributed by atoms with Gasteiger partial charge in [0.2, 0.25) is 0 Å². The molecule has 2 heterocycles. The van der Waals surface area contributed by atoms with Crippen molar-refractivity contribution in [1.82, 2.24) is 4.90 Å². The van der Waals surface area contributed by atoms with E-state index < -0.39 is 15.9 Å². The number of carbonyl (C=O) groups is 1. The third-order valence-electron chi connectivity index (χ3n) is 5.12. The van der Waals surface area contributed by atoms with Gasteiger partial charge in [-0.1, -0.05) is 53.5 Å². The molecule has 0 N–H and O–H groups in total. The summed E-state index contributed by atoms with van der Waals surface area (Å²) < 4.78 is 29.9. The number of rotatable bonds is 5. The smallest absolute Gasteiger partial charge is 0.290 e. The molecule has 1 aliphatic heterocycles. The van der Waals surface area contributed by atoms with Crippen LogP contribution in [0.2, 0.25) is 10.0 Å². The number of hydrogen-bond donors (Lipinski definition) is 0. The molecule has 0 saturated carbocycles. The van der Waals surface area contributed by atoms with Gasteiger partial charge in [-0.2, -0.15) is 0 Å². The van der Waals surface area contributed by atoms with Gasteiger partial charge in [-0.05, 0) is 42.3 Å². The van der Waals surface area contributed by atoms with E-state index in [9.17, 15) is 13.2 Å². The minimum atomic E-state index is -3.15. The molecule has 0 bridgehead atoms. The summed E-state index contributed by atoms with van der Waals surface area (Å²) in [4.78, 5) is 14.9. The molecule has 5 nitrogen and oxygen atoms in total. The van der Waals surface area contributed by atoms with Gasteiger partial charge >= 0.3 is 0 Å². The summed E-state index contributed by atoms with van der Waals surface area (Å²) in [6.45, 7) is 0.299. The molecule has 3 aromatic rings. The molecule has 8 heteroatoms. The third-order valence-corrected chi connectivity index (χ3v) is 7.43. The van der Waals surface area contributed by atoms with Crippen molar-refractivity contribution in [2.24, 2.45) is 0 Å². The maximum absolute atomic E-state index is 13.3. The summed E-state index contributed by atoms with van der Waals surface area (Å²) in [5, 5.41) is 0.955. The molecule has 1 fully saturated rings. The van der Waals surface area contributed by atoms with E-state index >= 15 is 0 Å². The average Bonchev–Trinajstić information content (AvgIpc) is 3.35. The molecule has 4 rings (SSSR count). The lowest BCUT2D eigenvalue weighted by Gasteiger charge is -2.27. The molecule has 30 heavy (non-hydrogen) atoms. The molecule has 1 aliphatic rings. The molecule has 2 aromatic carbocycles. The van der Waals surface area contributed by atoms with Gasteiger partial charge in [-0.3, -0.25) is 4.79 Å². The first-order chi connectivity index (χ1) is 14.3. The second kappa shape index (κ2) is 8.46. The molecule has 1 aromatic heterocycles. The second-order valence-corrected chi connectivity index (χ2v) is 10.3. The number of amides is 1. The highest BCUT2D eigenvalue weighted by atomic mass is 35.5. The average molecular weight is 464 g/mol. The Morgan fingerprint density at radius 1 is 1.07 bits per heavy atom. The number of sulfone groups is 1. The maximum Gasteiger partial charge on any atom is 0.290 e. The first-order valence-corrected chi connectivity index (χ1v) is 12.0. The highest BCUT2D eigenvalue weighted by Gasteiger charge is 2.36. The van der Waals surface area contributed by atoms with Crippen molar-refractivity contribution < 1.29 is 17.6 Å². The Kier molecular flexibility index (Phi) is 5.91. The Labute approximate surface area is 185 Å². The normalized spacial score (nSPS) is 17.7. The van der Waals surface area contributed by atoms with Gasteiger partial charge in [0.1, 0.15) is 5.76 Å². The molecular weight excluding hydrogens is 445 g/mol. The Morgan fingerprint density at radius 3 is 2.53 bits per heavy atom. The lowest BCUT2D eigenvalue weighted by atomic mass is 10.1. The van der Waals surface area contributed by atoms with E-state index in [1.54, 1.807) is 35.2 Å². The zero-order valence-corrected chi connectivity index (χ0v) is 18.3. The molecule has 0 unspecified atom stereocenters. The SMILES string of the molecule is O=C(c1ccc(-c2cc(Cl)ccc2Cl)o1)N(Cc1ccccc1)[C@H]1CCS(=O)(=O)C1. The van der Waals surface area contributed by atoms with E-state index in [-0.39, 0.29) is 23.2 Å². The molecule has 0 spiro atoms. The van der Waals surface area contributed by atoms with Crippen molar-refractivity contribution in [2.45, 2.75) is 19.0 Å². The summed E-state index contributed by atoms with van der Waals surface area (Å²) in [5.41, 5.74) is 1.50. The van der Waals surface area contributed by atoms with Crippen LogP contribution in [0.4, 0.5) is 0 Å². The summed E-state index contributed by atoms with van der Waals surface area (Å²) >= 11 is 12.3. The Balaban J connectivity index is 1.65. The van der Waals surface area contributed by atoms with E-state index in [4.69, 9.17) is 27.6 Å². The van der Waals surface area contributed by atoms with Crippen LogP contribution in [0.1, 0.15) is 22.5 Å². The topological polar surface area (TPSA) is 67.6 Å². The van der Waals surface area contributed by atoms with Crippen molar-refractivity contribution in [2.75, 3.05) is 11.5 Å². The zero-order chi connectivity index (χ0) is 21.3. The lowest BCUT2D eigenvalue weighted by molar-refractivity contribution is 0.0649. The second-order valence-electron chi connectivity index (χ2n) is 7.26.